The van der Waals surface area contributed by atoms with Crippen molar-refractivity contribution in [1.82, 2.24) is 0 Å². The van der Waals surface area contributed by atoms with Crippen LogP contribution in [0.3, 0.4) is 0 Å². The SMILES string of the molecule is Cc1c(Cl)cccc1NC(=O)COC(=O)c1cccc([N+](=O)[O-])c1C. The van der Waals surface area contributed by atoms with Gasteiger partial charge < -0.3 is 10.1 Å². The third-order valence-corrected chi connectivity index (χ3v) is 4.01. The molecule has 0 saturated heterocycles. The number of carbonyl (C=O) groups excluding carboxylic acids is 2. The molecule has 0 fully saturated rings. The molecular weight excluding hydrogens is 348 g/mol. The standard InChI is InChI=1S/C17H15ClN2O5/c1-10-12(5-3-8-15(10)20(23)24)17(22)25-9-16(21)19-14-7-4-6-13(18)11(14)2/h3-8H,9H2,1-2H3,(H,19,21). The largest absolute Gasteiger partial charge is 0.452 e. The lowest BCUT2D eigenvalue weighted by molar-refractivity contribution is -0.385. The van der Waals surface area contributed by atoms with Crippen LogP contribution in [0.4, 0.5) is 11.4 Å². The van der Waals surface area contributed by atoms with Gasteiger partial charge in [-0.1, -0.05) is 23.7 Å². The van der Waals surface area contributed by atoms with Gasteiger partial charge in [0.05, 0.1) is 10.5 Å². The number of carbonyl (C=O) groups is 2. The molecule has 7 nitrogen and oxygen atoms in total. The molecule has 0 saturated carbocycles. The van der Waals surface area contributed by atoms with Gasteiger partial charge in [-0.05, 0) is 37.6 Å². The van der Waals surface area contributed by atoms with Crippen LogP contribution in [0.25, 0.3) is 0 Å². The molecule has 2 aromatic carbocycles. The van der Waals surface area contributed by atoms with Crippen molar-refractivity contribution < 1.29 is 19.2 Å². The van der Waals surface area contributed by atoms with Crippen molar-refractivity contribution in [2.45, 2.75) is 13.8 Å². The maximum absolute atomic E-state index is 12.1. The van der Waals surface area contributed by atoms with E-state index in [1.165, 1.54) is 25.1 Å². The Labute approximate surface area is 148 Å². The number of nitro benzene ring substituents is 1. The molecule has 0 atom stereocenters. The number of nitro groups is 1. The zero-order valence-corrected chi connectivity index (χ0v) is 14.3. The molecule has 1 amide bonds. The first-order chi connectivity index (χ1) is 11.8. The lowest BCUT2D eigenvalue weighted by atomic mass is 10.1. The molecule has 1 N–H and O–H groups in total. The van der Waals surface area contributed by atoms with Gasteiger partial charge in [-0.3, -0.25) is 14.9 Å². The van der Waals surface area contributed by atoms with Gasteiger partial charge >= 0.3 is 5.97 Å². The first-order valence-electron chi connectivity index (χ1n) is 7.27. The second kappa shape index (κ2) is 7.76. The van der Waals surface area contributed by atoms with E-state index in [1.807, 2.05) is 0 Å². The van der Waals surface area contributed by atoms with E-state index in [4.69, 9.17) is 16.3 Å². The third-order valence-electron chi connectivity index (χ3n) is 3.60. The van der Waals surface area contributed by atoms with E-state index >= 15 is 0 Å². The zero-order valence-electron chi connectivity index (χ0n) is 13.5. The summed E-state index contributed by atoms with van der Waals surface area (Å²) >= 11 is 5.97. The smallest absolute Gasteiger partial charge is 0.339 e. The van der Waals surface area contributed by atoms with Crippen molar-refractivity contribution >= 4 is 34.9 Å². The molecule has 0 radical (unpaired) electrons. The van der Waals surface area contributed by atoms with Crippen LogP contribution in [-0.2, 0) is 9.53 Å². The van der Waals surface area contributed by atoms with Gasteiger partial charge in [-0.15, -0.1) is 0 Å². The summed E-state index contributed by atoms with van der Waals surface area (Å²) in [4.78, 5) is 34.3. The predicted molar refractivity (Wildman–Crippen MR) is 92.9 cm³/mol. The fourth-order valence-electron chi connectivity index (χ4n) is 2.18. The summed E-state index contributed by atoms with van der Waals surface area (Å²) in [5.74, 6) is -1.35. The highest BCUT2D eigenvalue weighted by atomic mass is 35.5. The monoisotopic (exact) mass is 362 g/mol. The third kappa shape index (κ3) is 4.33. The molecule has 0 unspecified atom stereocenters. The van der Waals surface area contributed by atoms with Crippen LogP contribution >= 0.6 is 11.6 Å². The van der Waals surface area contributed by atoms with Gasteiger partial charge in [-0.2, -0.15) is 0 Å². The molecular formula is C17H15ClN2O5. The van der Waals surface area contributed by atoms with E-state index in [-0.39, 0.29) is 16.8 Å². The van der Waals surface area contributed by atoms with Crippen molar-refractivity contribution in [3.8, 4) is 0 Å². The second-order valence-electron chi connectivity index (χ2n) is 5.24. The number of hydrogen-bond acceptors (Lipinski definition) is 5. The second-order valence-corrected chi connectivity index (χ2v) is 5.65. The van der Waals surface area contributed by atoms with Crippen molar-refractivity contribution in [1.29, 1.82) is 0 Å². The number of nitrogens with zero attached hydrogens (tertiary/aromatic N) is 1. The van der Waals surface area contributed by atoms with Gasteiger partial charge in [0, 0.05) is 22.3 Å². The van der Waals surface area contributed by atoms with Crippen LogP contribution < -0.4 is 5.32 Å². The van der Waals surface area contributed by atoms with Crippen molar-refractivity contribution in [3.05, 3.63) is 68.2 Å². The number of esters is 1. The molecule has 0 heterocycles. The van der Waals surface area contributed by atoms with E-state index < -0.39 is 23.4 Å². The molecule has 0 aliphatic heterocycles. The van der Waals surface area contributed by atoms with E-state index in [0.29, 0.717) is 16.3 Å². The molecule has 0 bridgehead atoms. The molecule has 0 spiro atoms. The lowest BCUT2D eigenvalue weighted by Gasteiger charge is -2.10. The first-order valence-corrected chi connectivity index (χ1v) is 7.65. The summed E-state index contributed by atoms with van der Waals surface area (Å²) in [6.07, 6.45) is 0. The van der Waals surface area contributed by atoms with Crippen LogP contribution in [-0.4, -0.2) is 23.4 Å². The van der Waals surface area contributed by atoms with Crippen LogP contribution in [0.5, 0.6) is 0 Å². The molecule has 2 aromatic rings. The Balaban J connectivity index is 2.03. The van der Waals surface area contributed by atoms with Crippen LogP contribution in [0, 0.1) is 24.0 Å². The van der Waals surface area contributed by atoms with Gasteiger partial charge in [0.25, 0.3) is 11.6 Å². The van der Waals surface area contributed by atoms with E-state index in [9.17, 15) is 19.7 Å². The molecule has 0 aromatic heterocycles. The molecule has 0 aliphatic carbocycles. The number of amides is 1. The van der Waals surface area contributed by atoms with Gasteiger partial charge in [0.15, 0.2) is 6.61 Å². The highest BCUT2D eigenvalue weighted by Crippen LogP contribution is 2.23. The summed E-state index contributed by atoms with van der Waals surface area (Å²) in [6.45, 7) is 2.67. The maximum atomic E-state index is 12.1. The Bertz CT molecular complexity index is 851. The van der Waals surface area contributed by atoms with E-state index in [1.54, 1.807) is 25.1 Å². The maximum Gasteiger partial charge on any atom is 0.339 e. The number of rotatable bonds is 5. The van der Waals surface area contributed by atoms with Crippen molar-refractivity contribution in [3.63, 3.8) is 0 Å². The minimum Gasteiger partial charge on any atom is -0.452 e. The molecule has 130 valence electrons. The Morgan fingerprint density at radius 3 is 2.52 bits per heavy atom. The number of benzene rings is 2. The summed E-state index contributed by atoms with van der Waals surface area (Å²) < 4.78 is 4.94. The average Bonchev–Trinajstić information content (AvgIpc) is 2.57. The van der Waals surface area contributed by atoms with Gasteiger partial charge in [0.1, 0.15) is 0 Å². The normalized spacial score (nSPS) is 10.2. The van der Waals surface area contributed by atoms with E-state index in [0.717, 1.165) is 0 Å². The highest BCUT2D eigenvalue weighted by Gasteiger charge is 2.19. The summed E-state index contributed by atoms with van der Waals surface area (Å²) in [6, 6.07) is 9.13. The number of nitrogens with one attached hydrogen (secondary N) is 1. The highest BCUT2D eigenvalue weighted by molar-refractivity contribution is 6.31. The average molecular weight is 363 g/mol. The zero-order chi connectivity index (χ0) is 18.6. The lowest BCUT2D eigenvalue weighted by Crippen LogP contribution is -2.21. The molecule has 25 heavy (non-hydrogen) atoms. The number of halogens is 1. The number of hydrogen-bond donors (Lipinski definition) is 1. The topological polar surface area (TPSA) is 98.5 Å². The number of ether oxygens (including phenoxy) is 1. The Hall–Kier alpha value is -2.93. The van der Waals surface area contributed by atoms with Crippen LogP contribution in [0.15, 0.2) is 36.4 Å². The number of anilines is 1. The van der Waals surface area contributed by atoms with Crippen molar-refractivity contribution in [2.24, 2.45) is 0 Å². The minimum absolute atomic E-state index is 0.0425. The quantitative estimate of drug-likeness (QED) is 0.497. The Morgan fingerprint density at radius 2 is 1.84 bits per heavy atom. The fraction of sp³-hybridized carbons (Fsp3) is 0.176. The van der Waals surface area contributed by atoms with Crippen LogP contribution in [0.2, 0.25) is 5.02 Å². The van der Waals surface area contributed by atoms with Crippen molar-refractivity contribution in [2.75, 3.05) is 11.9 Å². The molecule has 2 rings (SSSR count). The molecule has 8 heteroatoms. The fourth-order valence-corrected chi connectivity index (χ4v) is 2.35. The van der Waals surface area contributed by atoms with E-state index in [2.05, 4.69) is 5.32 Å². The summed E-state index contributed by atoms with van der Waals surface area (Å²) in [5, 5.41) is 14.0. The Morgan fingerprint density at radius 1 is 1.16 bits per heavy atom. The first kappa shape index (κ1) is 18.4. The van der Waals surface area contributed by atoms with Gasteiger partial charge in [0.2, 0.25) is 0 Å². The van der Waals surface area contributed by atoms with Gasteiger partial charge in [-0.25, -0.2) is 4.79 Å². The predicted octanol–water partition coefficient (Wildman–Crippen LogP) is 3.66. The Kier molecular flexibility index (Phi) is 5.71. The van der Waals surface area contributed by atoms with Crippen LogP contribution in [0.1, 0.15) is 21.5 Å². The summed E-state index contributed by atoms with van der Waals surface area (Å²) in [5.41, 5.74) is 1.25. The molecule has 0 aliphatic rings. The minimum atomic E-state index is -0.806. The summed E-state index contributed by atoms with van der Waals surface area (Å²) in [7, 11) is 0.